The van der Waals surface area contributed by atoms with Gasteiger partial charge >= 0.3 is 13.2 Å². The monoisotopic (exact) mass is 278 g/mol. The number of amides is 1. The van der Waals surface area contributed by atoms with Gasteiger partial charge in [-0.25, -0.2) is 4.57 Å². The van der Waals surface area contributed by atoms with Crippen LogP contribution in [-0.2, 0) is 13.6 Å². The zero-order valence-corrected chi connectivity index (χ0v) is 12.0. The summed E-state index contributed by atoms with van der Waals surface area (Å²) in [5.41, 5.74) is 4.58. The molecule has 0 atom stereocenters. The number of hydrogen-bond acceptors (Lipinski definition) is 5. The van der Waals surface area contributed by atoms with E-state index >= 15 is 0 Å². The minimum absolute atomic E-state index is 0.155. The molecule has 1 rings (SSSR count). The Morgan fingerprint density at radius 1 is 1.22 bits per heavy atom. The molecule has 106 valence electrons. The van der Waals surface area contributed by atoms with Crippen molar-refractivity contribution in [2.45, 2.75) is 51.6 Å². The second-order valence-electron chi connectivity index (χ2n) is 4.48. The van der Waals surface area contributed by atoms with Crippen molar-refractivity contribution in [2.24, 2.45) is 5.73 Å². The highest BCUT2D eigenvalue weighted by atomic mass is 31.2. The number of rotatable bonds is 6. The molecule has 0 bridgehead atoms. The third-order valence-corrected chi connectivity index (χ3v) is 4.75. The Morgan fingerprint density at radius 3 is 2.17 bits per heavy atom. The van der Waals surface area contributed by atoms with Crippen LogP contribution in [0.25, 0.3) is 0 Å². The lowest BCUT2D eigenvalue weighted by molar-refractivity contribution is 0.191. The maximum Gasteiger partial charge on any atom is 0.418 e. The van der Waals surface area contributed by atoms with E-state index in [0.717, 1.165) is 19.3 Å². The standard InChI is InChI=1S/C11H23N2O4P/c1-3-16-18(15,17-4-2)10(14)13-11(12)8-6-5-7-9-11/h3-9,12H2,1-2H3,(H,13,14). The average Bonchev–Trinajstić information content (AvgIpc) is 2.30. The van der Waals surface area contributed by atoms with E-state index in [1.165, 1.54) is 0 Å². The highest BCUT2D eigenvalue weighted by Crippen LogP contribution is 2.49. The Balaban J connectivity index is 2.69. The van der Waals surface area contributed by atoms with Gasteiger partial charge in [-0.2, -0.15) is 0 Å². The molecule has 1 aliphatic carbocycles. The van der Waals surface area contributed by atoms with E-state index in [4.69, 9.17) is 14.8 Å². The maximum atomic E-state index is 12.2. The van der Waals surface area contributed by atoms with Gasteiger partial charge in [0.25, 0.3) is 0 Å². The van der Waals surface area contributed by atoms with Gasteiger partial charge in [-0.1, -0.05) is 6.42 Å². The van der Waals surface area contributed by atoms with Gasteiger partial charge in [0.2, 0.25) is 0 Å². The highest BCUT2D eigenvalue weighted by molar-refractivity contribution is 7.71. The molecule has 0 aromatic rings. The summed E-state index contributed by atoms with van der Waals surface area (Å²) in [6, 6.07) is 0. The maximum absolute atomic E-state index is 12.2. The second-order valence-corrected chi connectivity index (χ2v) is 6.40. The smallest absolute Gasteiger partial charge is 0.328 e. The SMILES string of the molecule is CCOP(=O)(OCC)C(=O)NC1(N)CCCCC1. The lowest BCUT2D eigenvalue weighted by Gasteiger charge is -2.34. The second kappa shape index (κ2) is 6.66. The van der Waals surface area contributed by atoms with Gasteiger partial charge in [-0.15, -0.1) is 0 Å². The van der Waals surface area contributed by atoms with Crippen molar-refractivity contribution in [3.05, 3.63) is 0 Å². The molecule has 0 saturated heterocycles. The Labute approximate surface area is 108 Å². The Morgan fingerprint density at radius 2 is 1.72 bits per heavy atom. The molecule has 1 fully saturated rings. The average molecular weight is 278 g/mol. The summed E-state index contributed by atoms with van der Waals surface area (Å²) in [6.07, 6.45) is 4.42. The van der Waals surface area contributed by atoms with Crippen LogP contribution in [0.2, 0.25) is 0 Å². The summed E-state index contributed by atoms with van der Waals surface area (Å²) >= 11 is 0. The molecule has 0 unspecified atom stereocenters. The first kappa shape index (κ1) is 15.6. The molecule has 1 aliphatic rings. The van der Waals surface area contributed by atoms with Gasteiger partial charge in [0, 0.05) is 0 Å². The molecule has 0 aliphatic heterocycles. The van der Waals surface area contributed by atoms with Crippen LogP contribution >= 0.6 is 7.60 Å². The predicted molar refractivity (Wildman–Crippen MR) is 69.4 cm³/mol. The lowest BCUT2D eigenvalue weighted by Crippen LogP contribution is -2.56. The van der Waals surface area contributed by atoms with Crippen LogP contribution in [0.3, 0.4) is 0 Å². The molecule has 0 aromatic heterocycles. The van der Waals surface area contributed by atoms with Crippen molar-refractivity contribution >= 4 is 13.2 Å². The molecule has 0 radical (unpaired) electrons. The fourth-order valence-corrected chi connectivity index (χ4v) is 3.43. The van der Waals surface area contributed by atoms with Crippen LogP contribution < -0.4 is 11.1 Å². The topological polar surface area (TPSA) is 90.6 Å². The first-order valence-corrected chi connectivity index (χ1v) is 8.01. The van der Waals surface area contributed by atoms with Gasteiger partial charge in [0.1, 0.15) is 0 Å². The zero-order chi connectivity index (χ0) is 13.6. The van der Waals surface area contributed by atoms with E-state index in [1.54, 1.807) is 13.8 Å². The van der Waals surface area contributed by atoms with E-state index in [-0.39, 0.29) is 13.2 Å². The molecule has 0 aromatic carbocycles. The first-order valence-electron chi connectivity index (χ1n) is 6.46. The molecule has 0 spiro atoms. The van der Waals surface area contributed by atoms with Crippen molar-refractivity contribution < 1.29 is 18.4 Å². The van der Waals surface area contributed by atoms with E-state index in [2.05, 4.69) is 5.32 Å². The summed E-state index contributed by atoms with van der Waals surface area (Å²) in [5, 5.41) is 2.63. The van der Waals surface area contributed by atoms with E-state index in [1.807, 2.05) is 0 Å². The van der Waals surface area contributed by atoms with Crippen LogP contribution in [0, 0.1) is 0 Å². The van der Waals surface area contributed by atoms with E-state index in [9.17, 15) is 9.36 Å². The molecule has 0 heterocycles. The molecular weight excluding hydrogens is 255 g/mol. The number of carbonyl (C=O) groups is 1. The van der Waals surface area contributed by atoms with Crippen molar-refractivity contribution in [1.82, 2.24) is 5.32 Å². The largest absolute Gasteiger partial charge is 0.418 e. The van der Waals surface area contributed by atoms with Crippen molar-refractivity contribution in [3.63, 3.8) is 0 Å². The normalized spacial score (nSPS) is 19.5. The molecule has 18 heavy (non-hydrogen) atoms. The fourth-order valence-electron chi connectivity index (χ4n) is 2.08. The summed E-state index contributed by atoms with van der Waals surface area (Å²) in [5.74, 6) is 0. The molecule has 1 saturated carbocycles. The first-order chi connectivity index (χ1) is 8.46. The quantitative estimate of drug-likeness (QED) is 0.575. The molecule has 1 amide bonds. The van der Waals surface area contributed by atoms with Gasteiger partial charge in [0.05, 0.1) is 18.9 Å². The lowest BCUT2D eigenvalue weighted by atomic mass is 9.90. The molecule has 7 heteroatoms. The summed E-state index contributed by atoms with van der Waals surface area (Å²) < 4.78 is 22.2. The van der Waals surface area contributed by atoms with Gasteiger partial charge in [0.15, 0.2) is 0 Å². The summed E-state index contributed by atoms with van der Waals surface area (Å²) in [6.45, 7) is 3.64. The van der Waals surface area contributed by atoms with Crippen molar-refractivity contribution in [2.75, 3.05) is 13.2 Å². The number of nitrogens with two attached hydrogens (primary N) is 1. The Kier molecular flexibility index (Phi) is 5.79. The Hall–Kier alpha value is -0.420. The van der Waals surface area contributed by atoms with Crippen LogP contribution in [0.1, 0.15) is 46.0 Å². The van der Waals surface area contributed by atoms with Gasteiger partial charge < -0.3 is 20.1 Å². The summed E-state index contributed by atoms with van der Waals surface area (Å²) in [4.78, 5) is 12.0. The van der Waals surface area contributed by atoms with Gasteiger partial charge in [-0.05, 0) is 39.5 Å². The van der Waals surface area contributed by atoms with Crippen LogP contribution in [-0.4, -0.2) is 24.5 Å². The van der Waals surface area contributed by atoms with Crippen LogP contribution in [0.5, 0.6) is 0 Å². The third-order valence-electron chi connectivity index (χ3n) is 2.95. The number of hydrogen-bond donors (Lipinski definition) is 2. The zero-order valence-electron chi connectivity index (χ0n) is 11.1. The van der Waals surface area contributed by atoms with Crippen LogP contribution in [0.4, 0.5) is 4.79 Å². The number of carbonyl (C=O) groups excluding carboxylic acids is 1. The highest BCUT2D eigenvalue weighted by Gasteiger charge is 2.39. The fraction of sp³-hybridized carbons (Fsp3) is 0.909. The van der Waals surface area contributed by atoms with E-state index in [0.29, 0.717) is 12.8 Å². The summed E-state index contributed by atoms with van der Waals surface area (Å²) in [7, 11) is -3.75. The third kappa shape index (κ3) is 4.05. The molecule has 3 N–H and O–H groups in total. The number of nitrogens with one attached hydrogen (secondary N) is 1. The van der Waals surface area contributed by atoms with Crippen molar-refractivity contribution in [1.29, 1.82) is 0 Å². The van der Waals surface area contributed by atoms with Crippen molar-refractivity contribution in [3.8, 4) is 0 Å². The predicted octanol–water partition coefficient (Wildman–Crippen LogP) is 2.58. The van der Waals surface area contributed by atoms with Crippen LogP contribution in [0.15, 0.2) is 0 Å². The Bertz CT molecular complexity index is 319. The van der Waals surface area contributed by atoms with Gasteiger partial charge in [-0.3, -0.25) is 4.79 Å². The molecule has 6 nitrogen and oxygen atoms in total. The van der Waals surface area contributed by atoms with E-state index < -0.39 is 18.9 Å². The minimum atomic E-state index is -3.75. The molecular formula is C11H23N2O4P. The minimum Gasteiger partial charge on any atom is -0.328 e.